The Balaban J connectivity index is 1.55. The number of piperazine rings is 1. The van der Waals surface area contributed by atoms with E-state index in [9.17, 15) is 9.59 Å². The molecule has 1 aromatic heterocycles. The number of amides is 2. The molecular formula is C23H30ClN3O3. The number of furan rings is 1. The lowest BCUT2D eigenvalue weighted by atomic mass is 10.1. The number of benzene rings is 1. The Morgan fingerprint density at radius 1 is 1.13 bits per heavy atom. The highest BCUT2D eigenvalue weighted by Crippen LogP contribution is 2.21. The molecule has 2 heterocycles. The van der Waals surface area contributed by atoms with Crippen LogP contribution in [0, 0.1) is 13.8 Å². The third kappa shape index (κ3) is 5.17. The highest BCUT2D eigenvalue weighted by atomic mass is 35.5. The van der Waals surface area contributed by atoms with Crippen LogP contribution in [-0.2, 0) is 4.79 Å². The van der Waals surface area contributed by atoms with Gasteiger partial charge in [-0.3, -0.25) is 9.59 Å². The number of carbonyl (C=O) groups is 2. The van der Waals surface area contributed by atoms with Crippen LogP contribution in [0.3, 0.4) is 0 Å². The van der Waals surface area contributed by atoms with Gasteiger partial charge in [0.15, 0.2) is 0 Å². The molecule has 0 aliphatic carbocycles. The van der Waals surface area contributed by atoms with Crippen molar-refractivity contribution in [3.05, 3.63) is 52.4 Å². The van der Waals surface area contributed by atoms with Gasteiger partial charge in [0.1, 0.15) is 11.5 Å². The van der Waals surface area contributed by atoms with Crippen LogP contribution < -0.4 is 4.90 Å². The van der Waals surface area contributed by atoms with Crippen molar-refractivity contribution in [2.75, 3.05) is 37.6 Å². The van der Waals surface area contributed by atoms with Crippen LogP contribution in [0.25, 0.3) is 0 Å². The molecule has 1 aromatic carbocycles. The molecule has 30 heavy (non-hydrogen) atoms. The predicted octanol–water partition coefficient (Wildman–Crippen LogP) is 4.14. The number of hydrogen-bond acceptors (Lipinski definition) is 4. The molecule has 1 aliphatic heterocycles. The Labute approximate surface area is 183 Å². The second-order valence-electron chi connectivity index (χ2n) is 8.02. The van der Waals surface area contributed by atoms with Crippen LogP contribution in [0.5, 0.6) is 0 Å². The van der Waals surface area contributed by atoms with Crippen molar-refractivity contribution in [2.24, 2.45) is 0 Å². The minimum atomic E-state index is -0.0853. The summed E-state index contributed by atoms with van der Waals surface area (Å²) >= 11 is 6.09. The van der Waals surface area contributed by atoms with Gasteiger partial charge in [0.2, 0.25) is 5.91 Å². The molecule has 0 N–H and O–H groups in total. The second kappa shape index (κ2) is 9.56. The molecule has 0 radical (unpaired) electrons. The fraction of sp³-hybridized carbons (Fsp3) is 0.478. The maximum atomic E-state index is 13.0. The Morgan fingerprint density at radius 2 is 1.83 bits per heavy atom. The molecule has 1 fully saturated rings. The van der Waals surface area contributed by atoms with Gasteiger partial charge >= 0.3 is 0 Å². The van der Waals surface area contributed by atoms with E-state index >= 15 is 0 Å². The van der Waals surface area contributed by atoms with Gasteiger partial charge in [0.05, 0.1) is 5.56 Å². The minimum absolute atomic E-state index is 0.000386. The molecule has 2 aromatic rings. The van der Waals surface area contributed by atoms with Gasteiger partial charge in [0, 0.05) is 55.9 Å². The quantitative estimate of drug-likeness (QED) is 0.689. The summed E-state index contributed by atoms with van der Waals surface area (Å²) in [6.07, 6.45) is 0.316. The van der Waals surface area contributed by atoms with Crippen LogP contribution in [0.15, 0.2) is 34.7 Å². The van der Waals surface area contributed by atoms with Gasteiger partial charge in [-0.05, 0) is 52.0 Å². The van der Waals surface area contributed by atoms with Crippen molar-refractivity contribution in [3.8, 4) is 0 Å². The molecule has 162 valence electrons. The Hall–Kier alpha value is -2.47. The highest BCUT2D eigenvalue weighted by molar-refractivity contribution is 6.30. The highest BCUT2D eigenvalue weighted by Gasteiger charge is 2.26. The van der Waals surface area contributed by atoms with E-state index in [-0.39, 0.29) is 17.9 Å². The lowest BCUT2D eigenvalue weighted by Gasteiger charge is -2.36. The van der Waals surface area contributed by atoms with Crippen molar-refractivity contribution in [2.45, 2.75) is 40.2 Å². The predicted molar refractivity (Wildman–Crippen MR) is 119 cm³/mol. The van der Waals surface area contributed by atoms with Gasteiger partial charge < -0.3 is 19.1 Å². The number of halogens is 1. The van der Waals surface area contributed by atoms with E-state index in [0.717, 1.165) is 18.8 Å². The summed E-state index contributed by atoms with van der Waals surface area (Å²) in [6, 6.07) is 9.55. The van der Waals surface area contributed by atoms with Crippen molar-refractivity contribution >= 4 is 29.1 Å². The molecule has 0 atom stereocenters. The van der Waals surface area contributed by atoms with E-state index in [4.69, 9.17) is 16.0 Å². The average Bonchev–Trinajstić information content (AvgIpc) is 3.05. The first kappa shape index (κ1) is 22.2. The van der Waals surface area contributed by atoms with Gasteiger partial charge in [-0.1, -0.05) is 17.7 Å². The lowest BCUT2D eigenvalue weighted by Crippen LogP contribution is -2.49. The van der Waals surface area contributed by atoms with Crippen molar-refractivity contribution < 1.29 is 14.0 Å². The maximum Gasteiger partial charge on any atom is 0.257 e. The van der Waals surface area contributed by atoms with E-state index in [1.807, 2.05) is 49.9 Å². The Morgan fingerprint density at radius 3 is 2.40 bits per heavy atom. The molecule has 6 nitrogen and oxygen atoms in total. The summed E-state index contributed by atoms with van der Waals surface area (Å²) in [6.45, 7) is 10.8. The van der Waals surface area contributed by atoms with Gasteiger partial charge in [-0.15, -0.1) is 0 Å². The number of carbonyl (C=O) groups excluding carboxylic acids is 2. The second-order valence-corrected chi connectivity index (χ2v) is 8.45. The number of nitrogens with zero attached hydrogens (tertiary/aromatic N) is 3. The number of aryl methyl sites for hydroxylation is 2. The summed E-state index contributed by atoms with van der Waals surface area (Å²) in [7, 11) is 0. The van der Waals surface area contributed by atoms with Gasteiger partial charge in [-0.2, -0.15) is 0 Å². The summed E-state index contributed by atoms with van der Waals surface area (Å²) in [5.74, 6) is 1.33. The fourth-order valence-electron chi connectivity index (χ4n) is 3.85. The van der Waals surface area contributed by atoms with Crippen molar-refractivity contribution in [3.63, 3.8) is 0 Å². The topological polar surface area (TPSA) is 57.0 Å². The number of rotatable bonds is 6. The van der Waals surface area contributed by atoms with E-state index in [2.05, 4.69) is 4.90 Å². The molecular weight excluding hydrogens is 402 g/mol. The smallest absolute Gasteiger partial charge is 0.257 e. The summed E-state index contributed by atoms with van der Waals surface area (Å²) in [5.41, 5.74) is 1.65. The van der Waals surface area contributed by atoms with Crippen LogP contribution in [0.1, 0.15) is 42.1 Å². The Bertz CT molecular complexity index is 901. The molecule has 2 amide bonds. The number of hydrogen-bond donors (Lipinski definition) is 0. The normalized spacial score (nSPS) is 14.3. The SMILES string of the molecule is Cc1cc(C(=O)N(CCC(=O)N2CCN(c3cccc(Cl)c3)CC2)C(C)C)c(C)o1. The van der Waals surface area contributed by atoms with Crippen LogP contribution >= 0.6 is 11.6 Å². The standard InChI is InChI=1S/C23H30ClN3O3/c1-16(2)27(23(29)21-14-17(3)30-18(21)4)9-8-22(28)26-12-10-25(11-13-26)20-7-5-6-19(24)15-20/h5-7,14-16H,8-13H2,1-4H3. The summed E-state index contributed by atoms with van der Waals surface area (Å²) in [4.78, 5) is 31.6. The maximum absolute atomic E-state index is 13.0. The molecule has 0 saturated carbocycles. The molecule has 7 heteroatoms. The fourth-order valence-corrected chi connectivity index (χ4v) is 4.04. The number of anilines is 1. The third-order valence-electron chi connectivity index (χ3n) is 5.53. The van der Waals surface area contributed by atoms with Crippen molar-refractivity contribution in [1.82, 2.24) is 9.80 Å². The molecule has 0 unspecified atom stereocenters. The van der Waals surface area contributed by atoms with Crippen LogP contribution in [0.4, 0.5) is 5.69 Å². The molecule has 3 rings (SSSR count). The first-order valence-electron chi connectivity index (χ1n) is 10.4. The van der Waals surface area contributed by atoms with Crippen LogP contribution in [-0.4, -0.2) is 60.4 Å². The van der Waals surface area contributed by atoms with E-state index in [1.165, 1.54) is 0 Å². The van der Waals surface area contributed by atoms with Gasteiger partial charge in [0.25, 0.3) is 5.91 Å². The average molecular weight is 432 g/mol. The zero-order valence-corrected chi connectivity index (χ0v) is 18.9. The largest absolute Gasteiger partial charge is 0.466 e. The first-order chi connectivity index (χ1) is 14.3. The third-order valence-corrected chi connectivity index (χ3v) is 5.76. The molecule has 1 saturated heterocycles. The van der Waals surface area contributed by atoms with E-state index < -0.39 is 0 Å². The van der Waals surface area contributed by atoms with E-state index in [1.54, 1.807) is 17.9 Å². The molecule has 0 spiro atoms. The summed E-state index contributed by atoms with van der Waals surface area (Å²) in [5, 5.41) is 0.715. The molecule has 0 bridgehead atoms. The minimum Gasteiger partial charge on any atom is -0.466 e. The molecule has 1 aliphatic rings. The Kier molecular flexibility index (Phi) is 7.08. The van der Waals surface area contributed by atoms with Crippen molar-refractivity contribution in [1.29, 1.82) is 0 Å². The zero-order chi connectivity index (χ0) is 21.8. The first-order valence-corrected chi connectivity index (χ1v) is 10.8. The van der Waals surface area contributed by atoms with E-state index in [0.29, 0.717) is 48.2 Å². The van der Waals surface area contributed by atoms with Crippen LogP contribution in [0.2, 0.25) is 5.02 Å². The lowest BCUT2D eigenvalue weighted by molar-refractivity contribution is -0.131. The monoisotopic (exact) mass is 431 g/mol. The van der Waals surface area contributed by atoms with Gasteiger partial charge in [-0.25, -0.2) is 0 Å². The summed E-state index contributed by atoms with van der Waals surface area (Å²) < 4.78 is 5.50. The zero-order valence-electron chi connectivity index (χ0n) is 18.2.